The summed E-state index contributed by atoms with van der Waals surface area (Å²) in [5.41, 5.74) is 0.203. The van der Waals surface area contributed by atoms with Crippen LogP contribution < -0.4 is 10.6 Å². The van der Waals surface area contributed by atoms with Crippen molar-refractivity contribution >= 4 is 46.6 Å². The van der Waals surface area contributed by atoms with Crippen LogP contribution in [0.5, 0.6) is 0 Å². The summed E-state index contributed by atoms with van der Waals surface area (Å²) >= 11 is 11.7. The zero-order chi connectivity index (χ0) is 13.7. The fourth-order valence-corrected chi connectivity index (χ4v) is 1.65. The first kappa shape index (κ1) is 14.5. The van der Waals surface area contributed by atoms with Crippen molar-refractivity contribution < 1.29 is 14.4 Å². The van der Waals surface area contributed by atoms with Gasteiger partial charge < -0.3 is 5.32 Å². The molecule has 0 aromatic heterocycles. The molecule has 0 aliphatic carbocycles. The second kappa shape index (κ2) is 6.37. The molecule has 1 aromatic rings. The van der Waals surface area contributed by atoms with Gasteiger partial charge in [0, 0.05) is 0 Å². The van der Waals surface area contributed by atoms with Crippen LogP contribution >= 0.6 is 23.2 Å². The summed E-state index contributed by atoms with van der Waals surface area (Å²) in [4.78, 5) is 33.3. The Bertz CT molecular complexity index is 483. The number of carbonyl (C=O) groups excluding carboxylic acids is 3. The molecule has 0 atom stereocenters. The molecule has 2 N–H and O–H groups in total. The Morgan fingerprint density at radius 3 is 2.22 bits per heavy atom. The standard InChI is InChI=1S/C11H10Cl2N2O3/c1-6(16)5-9(17)14-11(18)15-10-7(12)3-2-4-8(10)13/h2-4H,5H2,1H3,(H2,14,15,17,18). The third-order valence-electron chi connectivity index (χ3n) is 1.86. The van der Waals surface area contributed by atoms with E-state index in [-0.39, 0.29) is 27.9 Å². The molecule has 0 heterocycles. The fraction of sp³-hybridized carbons (Fsp3) is 0.182. The number of hydrogen-bond acceptors (Lipinski definition) is 3. The molecule has 7 heteroatoms. The molecule has 5 nitrogen and oxygen atoms in total. The number of nitrogens with one attached hydrogen (secondary N) is 2. The van der Waals surface area contributed by atoms with Crippen molar-refractivity contribution in [1.29, 1.82) is 0 Å². The topological polar surface area (TPSA) is 75.3 Å². The van der Waals surface area contributed by atoms with E-state index in [1.54, 1.807) is 18.2 Å². The third-order valence-corrected chi connectivity index (χ3v) is 2.49. The van der Waals surface area contributed by atoms with Crippen molar-refractivity contribution in [1.82, 2.24) is 5.32 Å². The highest BCUT2D eigenvalue weighted by Gasteiger charge is 2.13. The Morgan fingerprint density at radius 2 is 1.72 bits per heavy atom. The third kappa shape index (κ3) is 4.35. The molecular formula is C11H10Cl2N2O3. The average molecular weight is 289 g/mol. The molecule has 0 unspecified atom stereocenters. The van der Waals surface area contributed by atoms with E-state index in [2.05, 4.69) is 5.32 Å². The zero-order valence-electron chi connectivity index (χ0n) is 9.42. The van der Waals surface area contributed by atoms with Gasteiger partial charge in [-0.05, 0) is 19.1 Å². The van der Waals surface area contributed by atoms with Crippen LogP contribution in [0.1, 0.15) is 13.3 Å². The normalized spacial score (nSPS) is 9.72. The SMILES string of the molecule is CC(=O)CC(=O)NC(=O)Nc1c(Cl)cccc1Cl. The predicted octanol–water partition coefficient (Wildman–Crippen LogP) is 2.62. The first-order valence-electron chi connectivity index (χ1n) is 4.94. The van der Waals surface area contributed by atoms with Gasteiger partial charge in [-0.3, -0.25) is 14.9 Å². The molecule has 1 rings (SSSR count). The van der Waals surface area contributed by atoms with E-state index in [9.17, 15) is 14.4 Å². The largest absolute Gasteiger partial charge is 0.325 e. The van der Waals surface area contributed by atoms with Crippen LogP contribution in [0.2, 0.25) is 10.0 Å². The summed E-state index contributed by atoms with van der Waals surface area (Å²) in [6.07, 6.45) is -0.357. The number of urea groups is 1. The van der Waals surface area contributed by atoms with E-state index in [4.69, 9.17) is 23.2 Å². The Balaban J connectivity index is 2.65. The monoisotopic (exact) mass is 288 g/mol. The second-order valence-corrected chi connectivity index (χ2v) is 4.29. The van der Waals surface area contributed by atoms with E-state index >= 15 is 0 Å². The number of carbonyl (C=O) groups is 3. The second-order valence-electron chi connectivity index (χ2n) is 3.48. The van der Waals surface area contributed by atoms with Gasteiger partial charge in [-0.15, -0.1) is 0 Å². The van der Waals surface area contributed by atoms with E-state index < -0.39 is 11.9 Å². The van der Waals surface area contributed by atoms with Gasteiger partial charge in [0.15, 0.2) is 0 Å². The van der Waals surface area contributed by atoms with Crippen molar-refractivity contribution in [2.75, 3.05) is 5.32 Å². The van der Waals surface area contributed by atoms with Crippen LogP contribution in [-0.2, 0) is 9.59 Å². The van der Waals surface area contributed by atoms with Crippen molar-refractivity contribution in [2.24, 2.45) is 0 Å². The highest BCUT2D eigenvalue weighted by molar-refractivity contribution is 6.39. The Hall–Kier alpha value is -1.59. The summed E-state index contributed by atoms with van der Waals surface area (Å²) in [5, 5.41) is 4.82. The number of benzene rings is 1. The number of ketones is 1. The highest BCUT2D eigenvalue weighted by atomic mass is 35.5. The van der Waals surface area contributed by atoms with Crippen LogP contribution in [0.15, 0.2) is 18.2 Å². The maximum absolute atomic E-state index is 11.4. The van der Waals surface area contributed by atoms with Crippen LogP contribution in [0.3, 0.4) is 0 Å². The molecule has 18 heavy (non-hydrogen) atoms. The number of halogens is 2. The minimum atomic E-state index is -0.795. The predicted molar refractivity (Wildman–Crippen MR) is 68.9 cm³/mol. The number of anilines is 1. The van der Waals surface area contributed by atoms with Gasteiger partial charge in [-0.25, -0.2) is 4.79 Å². The Labute approximate surface area is 113 Å². The Kier molecular flexibility index (Phi) is 5.12. The lowest BCUT2D eigenvalue weighted by Gasteiger charge is -2.09. The lowest BCUT2D eigenvalue weighted by Crippen LogP contribution is -2.35. The first-order chi connectivity index (χ1) is 8.40. The first-order valence-corrected chi connectivity index (χ1v) is 5.70. The minimum Gasteiger partial charge on any atom is -0.305 e. The summed E-state index contributed by atoms with van der Waals surface area (Å²) in [6, 6.07) is 3.91. The number of para-hydroxylation sites is 1. The maximum Gasteiger partial charge on any atom is 0.325 e. The van der Waals surface area contributed by atoms with E-state index in [1.807, 2.05) is 5.32 Å². The molecule has 0 saturated carbocycles. The lowest BCUT2D eigenvalue weighted by atomic mass is 10.3. The maximum atomic E-state index is 11.4. The van der Waals surface area contributed by atoms with Crippen LogP contribution in [-0.4, -0.2) is 17.7 Å². The highest BCUT2D eigenvalue weighted by Crippen LogP contribution is 2.29. The molecule has 3 amide bonds. The number of rotatable bonds is 3. The fourth-order valence-electron chi connectivity index (χ4n) is 1.16. The summed E-state index contributed by atoms with van der Waals surface area (Å²) in [6.45, 7) is 1.25. The smallest absolute Gasteiger partial charge is 0.305 e. The number of amides is 3. The van der Waals surface area contributed by atoms with Gasteiger partial charge in [0.25, 0.3) is 0 Å². The zero-order valence-corrected chi connectivity index (χ0v) is 10.9. The van der Waals surface area contributed by atoms with Gasteiger partial charge in [0.2, 0.25) is 5.91 Å². The average Bonchev–Trinajstić information content (AvgIpc) is 2.22. The van der Waals surface area contributed by atoms with Crippen LogP contribution in [0.25, 0.3) is 0 Å². The number of Topliss-reactive ketones (excluding diaryl/α,β-unsaturated/α-hetero) is 1. The van der Waals surface area contributed by atoms with Gasteiger partial charge in [0.1, 0.15) is 5.78 Å². The summed E-state index contributed by atoms with van der Waals surface area (Å²) in [7, 11) is 0. The van der Waals surface area contributed by atoms with Crippen molar-refractivity contribution in [3.8, 4) is 0 Å². The van der Waals surface area contributed by atoms with E-state index in [0.29, 0.717) is 0 Å². The molecular weight excluding hydrogens is 279 g/mol. The molecule has 0 spiro atoms. The molecule has 0 radical (unpaired) electrons. The minimum absolute atomic E-state index is 0.203. The van der Waals surface area contributed by atoms with Crippen molar-refractivity contribution in [2.45, 2.75) is 13.3 Å². The van der Waals surface area contributed by atoms with E-state index in [1.165, 1.54) is 6.92 Å². The number of imide groups is 1. The molecule has 0 saturated heterocycles. The molecule has 0 aliphatic rings. The lowest BCUT2D eigenvalue weighted by molar-refractivity contribution is -0.126. The van der Waals surface area contributed by atoms with Gasteiger partial charge in [-0.2, -0.15) is 0 Å². The Morgan fingerprint density at radius 1 is 1.17 bits per heavy atom. The molecule has 0 bridgehead atoms. The molecule has 0 fully saturated rings. The van der Waals surface area contributed by atoms with Gasteiger partial charge >= 0.3 is 6.03 Å². The van der Waals surface area contributed by atoms with Gasteiger partial charge in [0.05, 0.1) is 22.2 Å². The van der Waals surface area contributed by atoms with Gasteiger partial charge in [-0.1, -0.05) is 29.3 Å². The van der Waals surface area contributed by atoms with Crippen LogP contribution in [0.4, 0.5) is 10.5 Å². The quantitative estimate of drug-likeness (QED) is 0.840. The number of hydrogen-bond donors (Lipinski definition) is 2. The van der Waals surface area contributed by atoms with Crippen molar-refractivity contribution in [3.05, 3.63) is 28.2 Å². The summed E-state index contributed by atoms with van der Waals surface area (Å²) < 4.78 is 0. The van der Waals surface area contributed by atoms with E-state index in [0.717, 1.165) is 0 Å². The van der Waals surface area contributed by atoms with Crippen molar-refractivity contribution in [3.63, 3.8) is 0 Å². The molecule has 96 valence electrons. The van der Waals surface area contributed by atoms with Crippen LogP contribution in [0, 0.1) is 0 Å². The molecule has 0 aliphatic heterocycles. The molecule has 1 aromatic carbocycles. The summed E-state index contributed by atoms with van der Waals surface area (Å²) in [5.74, 6) is -1.03.